The van der Waals surface area contributed by atoms with Gasteiger partial charge in [-0.3, -0.25) is 4.79 Å². The van der Waals surface area contributed by atoms with Crippen molar-refractivity contribution in [2.45, 2.75) is 158 Å². The molecule has 0 unspecified atom stereocenters. The van der Waals surface area contributed by atoms with Crippen LogP contribution >= 0.6 is 0 Å². The molecule has 266 valence electrons. The fourth-order valence-corrected chi connectivity index (χ4v) is 11.9. The highest BCUT2D eigenvalue weighted by Gasteiger charge is 2.76. The van der Waals surface area contributed by atoms with Crippen LogP contribution in [0.1, 0.15) is 100 Å². The van der Waals surface area contributed by atoms with Crippen LogP contribution in [0.3, 0.4) is 0 Å². The van der Waals surface area contributed by atoms with E-state index in [-0.39, 0.29) is 75.1 Å². The maximum Gasteiger partial charge on any atom is 0.306 e. The molecule has 4 aliphatic carbocycles. The Morgan fingerprint density at radius 3 is 2.45 bits per heavy atom. The van der Waals surface area contributed by atoms with Crippen LogP contribution in [0.4, 0.5) is 0 Å². The van der Waals surface area contributed by atoms with Crippen molar-refractivity contribution in [1.29, 1.82) is 0 Å². The Bertz CT molecular complexity index is 1450. The first-order valence-corrected chi connectivity index (χ1v) is 17.4. The second kappa shape index (κ2) is 10.8. The van der Waals surface area contributed by atoms with Gasteiger partial charge in [-0.1, -0.05) is 0 Å². The predicted octanol–water partition coefficient (Wildman–Crippen LogP) is 2.16. The van der Waals surface area contributed by atoms with Crippen molar-refractivity contribution in [3.05, 3.63) is 0 Å². The quantitative estimate of drug-likeness (QED) is 0.255. The van der Waals surface area contributed by atoms with Gasteiger partial charge in [-0.25, -0.2) is 0 Å². The number of esters is 1. The average molecular weight is 673 g/mol. The van der Waals surface area contributed by atoms with Crippen LogP contribution in [-0.4, -0.2) is 112 Å². The molecule has 12 heteroatoms. The smallest absolute Gasteiger partial charge is 0.306 e. The molecule has 47 heavy (non-hydrogen) atoms. The van der Waals surface area contributed by atoms with Crippen LogP contribution in [0.25, 0.3) is 0 Å². The van der Waals surface area contributed by atoms with Crippen molar-refractivity contribution in [3.8, 4) is 0 Å². The zero-order valence-electron chi connectivity index (χ0n) is 33.4. The van der Waals surface area contributed by atoms with E-state index in [9.17, 15) is 25.2 Å². The summed E-state index contributed by atoms with van der Waals surface area (Å²) in [5, 5.41) is 47.9. The molecule has 1 spiro atoms. The molecule has 0 aromatic heterocycles. The van der Waals surface area contributed by atoms with Gasteiger partial charge in [0.05, 0.1) is 61.2 Å². The Balaban J connectivity index is 1.09. The summed E-state index contributed by atoms with van der Waals surface area (Å²) in [4.78, 5) is 12.1. The van der Waals surface area contributed by atoms with Crippen LogP contribution in [0.2, 0.25) is 0 Å². The molecule has 4 saturated heterocycles. The van der Waals surface area contributed by atoms with E-state index in [0.717, 1.165) is 0 Å². The summed E-state index contributed by atoms with van der Waals surface area (Å²) in [7, 11) is 0. The monoisotopic (exact) mass is 672 g/mol. The Morgan fingerprint density at radius 1 is 0.979 bits per heavy atom. The third-order valence-electron chi connectivity index (χ3n) is 13.9. The fourth-order valence-electron chi connectivity index (χ4n) is 11.9. The number of aliphatic hydroxyl groups is 4. The second-order valence-corrected chi connectivity index (χ2v) is 16.4. The molecule has 0 bridgehead atoms. The Labute approximate surface area is 285 Å². The van der Waals surface area contributed by atoms with Crippen LogP contribution in [-0.2, 0) is 38.0 Å². The summed E-state index contributed by atoms with van der Waals surface area (Å²) in [5.74, 6) is -5.00. The minimum Gasteiger partial charge on any atom is -0.465 e. The number of aliphatic hydroxyl groups excluding tert-OH is 2. The maximum absolute atomic E-state index is 13.0. The molecule has 8 aliphatic rings. The summed E-state index contributed by atoms with van der Waals surface area (Å²) in [5.41, 5.74) is -4.44. The Morgan fingerprint density at radius 2 is 1.72 bits per heavy atom. The highest BCUT2D eigenvalue weighted by molar-refractivity contribution is 5.71. The maximum atomic E-state index is 13.0. The number of cyclic esters (lactones) is 1. The molecule has 4 aliphatic heterocycles. The molecule has 8 rings (SSSR count). The molecule has 4 saturated carbocycles. The van der Waals surface area contributed by atoms with E-state index >= 15 is 0 Å². The zero-order valence-corrected chi connectivity index (χ0v) is 27.4. The predicted molar refractivity (Wildman–Crippen MR) is 162 cm³/mol. The van der Waals surface area contributed by atoms with Crippen molar-refractivity contribution in [2.75, 3.05) is 19.8 Å². The molecule has 0 aromatic carbocycles. The first-order valence-electron chi connectivity index (χ1n) is 20.4. The fraction of sp³-hybridized carbons (Fsp3) is 0.971. The second-order valence-electron chi connectivity index (χ2n) is 16.4. The first kappa shape index (κ1) is 26.8. The third-order valence-corrected chi connectivity index (χ3v) is 13.9. The number of carbonyl (C=O) groups excluding carboxylic acids is 1. The number of rotatable bonds is 4. The molecule has 0 aromatic rings. The molecule has 4 heterocycles. The van der Waals surface area contributed by atoms with Gasteiger partial charge in [-0.05, 0) is 90.8 Å². The van der Waals surface area contributed by atoms with Gasteiger partial charge in [0, 0.05) is 32.4 Å². The lowest BCUT2D eigenvalue weighted by molar-refractivity contribution is -0.401. The van der Waals surface area contributed by atoms with E-state index in [1.165, 1.54) is 0 Å². The van der Waals surface area contributed by atoms with Crippen molar-refractivity contribution >= 4 is 5.97 Å². The van der Waals surface area contributed by atoms with Crippen LogP contribution in [0, 0.1) is 34.5 Å². The van der Waals surface area contributed by atoms with Gasteiger partial charge >= 0.3 is 5.97 Å². The number of hydrogen-bond donors (Lipinski definition) is 4. The minimum absolute atomic E-state index is 0.0780. The van der Waals surface area contributed by atoms with Gasteiger partial charge in [0.25, 0.3) is 0 Å². The van der Waals surface area contributed by atoms with Gasteiger partial charge in [0.1, 0.15) is 18.3 Å². The minimum atomic E-state index is -3.25. The number of ether oxygens (including phenoxy) is 7. The van der Waals surface area contributed by atoms with Crippen LogP contribution in [0.5, 0.6) is 0 Å². The first-order chi connectivity index (χ1) is 24.6. The van der Waals surface area contributed by atoms with Gasteiger partial charge in [0.15, 0.2) is 17.9 Å². The summed E-state index contributed by atoms with van der Waals surface area (Å²) in [6, 6.07) is 0. The lowest BCUT2D eigenvalue weighted by Gasteiger charge is -2.70. The molecule has 12 nitrogen and oxygen atoms in total. The highest BCUT2D eigenvalue weighted by Crippen LogP contribution is 2.72. The van der Waals surface area contributed by atoms with Crippen molar-refractivity contribution < 1.29 is 66.6 Å². The van der Waals surface area contributed by atoms with Gasteiger partial charge in [-0.2, -0.15) is 0 Å². The average Bonchev–Trinajstić information content (AvgIpc) is 3.76. The lowest BCUT2D eigenvalue weighted by atomic mass is 9.40. The summed E-state index contributed by atoms with van der Waals surface area (Å²) in [6.45, 7) is -1.12. The lowest BCUT2D eigenvalue weighted by Crippen LogP contribution is -2.76. The van der Waals surface area contributed by atoms with E-state index in [1.54, 1.807) is 20.8 Å². The van der Waals surface area contributed by atoms with E-state index in [0.29, 0.717) is 32.1 Å². The standard InChI is InChI=1S/C35H54O12/c1-18-26(38)27-28(47-31(4,5)46-27)29(43-18)44-20-13-24-34(17-42-30(2,3)45-24)22-6-9-32(16-36)21(19-12-25(37)41-15-19)8-11-35(32,40)23(22)7-10-33(34,39)14-20/h18-24,26-29,36,38-40H,6-17H2,1-5H3/t18-,19+,20+,21+,22+,23-,24-,26-,27+,28+,29-,32+,33+,34+,35+/m1/s1/i4D3,5D3. The van der Waals surface area contributed by atoms with E-state index < -0.39 is 90.2 Å². The van der Waals surface area contributed by atoms with Gasteiger partial charge < -0.3 is 53.6 Å². The number of fused-ring (bicyclic) bond motifs is 4. The topological polar surface area (TPSA) is 163 Å². The molecular weight excluding hydrogens is 612 g/mol. The summed E-state index contributed by atoms with van der Waals surface area (Å²) in [6.07, 6.45) is -4.30. The molecule has 0 amide bonds. The van der Waals surface area contributed by atoms with E-state index in [1.807, 2.05) is 0 Å². The molecule has 4 N–H and O–H groups in total. The normalized spacial score (nSPS) is 58.5. The number of hydrogen-bond acceptors (Lipinski definition) is 12. The SMILES string of the molecule is [2H]C([2H])([2H])C1(C([2H])([2H])[2H])O[C@@H]2[C@@H](O[C@H]3C[C@H]4OC(C)(C)OC[C@]45[C@H]4CC[C@]6(CO)[C@H]([C@@H]7COC(=O)C7)CC[C@]6(O)[C@@H]4CC[C@]5(O)C3)O[C@H](C)[C@@H](O)[C@@H]2O1. The third kappa shape index (κ3) is 4.65. The van der Waals surface area contributed by atoms with Gasteiger partial charge in [0.2, 0.25) is 0 Å². The summed E-state index contributed by atoms with van der Waals surface area (Å²) >= 11 is 0. The molecule has 0 radical (unpaired) electrons. The molecule has 15 atom stereocenters. The Hall–Kier alpha value is -0.930. The van der Waals surface area contributed by atoms with Crippen LogP contribution < -0.4 is 0 Å². The largest absolute Gasteiger partial charge is 0.465 e. The van der Waals surface area contributed by atoms with Crippen molar-refractivity contribution in [2.24, 2.45) is 34.5 Å². The van der Waals surface area contributed by atoms with Crippen molar-refractivity contribution in [1.82, 2.24) is 0 Å². The summed E-state index contributed by atoms with van der Waals surface area (Å²) < 4.78 is 90.7. The molecule has 8 fully saturated rings. The van der Waals surface area contributed by atoms with Crippen molar-refractivity contribution in [3.63, 3.8) is 0 Å². The van der Waals surface area contributed by atoms with Gasteiger partial charge in [-0.15, -0.1) is 0 Å². The Kier molecular flexibility index (Phi) is 6.16. The number of carbonyl (C=O) groups is 1. The van der Waals surface area contributed by atoms with E-state index in [2.05, 4.69) is 0 Å². The highest BCUT2D eigenvalue weighted by atomic mass is 16.8. The van der Waals surface area contributed by atoms with Crippen LogP contribution in [0.15, 0.2) is 0 Å². The zero-order chi connectivity index (χ0) is 38.4. The molecular formula is C35H54O12. The van der Waals surface area contributed by atoms with E-state index in [4.69, 9.17) is 41.4 Å².